The minimum atomic E-state index is -5.77. The molecule has 0 bridgehead atoms. The molecule has 35 heavy (non-hydrogen) atoms. The summed E-state index contributed by atoms with van der Waals surface area (Å²) in [5.41, 5.74) is 1.91. The third-order valence-electron chi connectivity index (χ3n) is 5.17. The van der Waals surface area contributed by atoms with Crippen molar-refractivity contribution in [2.75, 3.05) is 6.61 Å². The fourth-order valence-corrected chi connectivity index (χ4v) is 3.67. The van der Waals surface area contributed by atoms with Crippen LogP contribution in [-0.2, 0) is 27.5 Å². The van der Waals surface area contributed by atoms with Crippen molar-refractivity contribution in [3.8, 4) is 5.75 Å². The highest BCUT2D eigenvalue weighted by molar-refractivity contribution is 7.86. The van der Waals surface area contributed by atoms with E-state index in [1.807, 2.05) is 0 Å². The van der Waals surface area contributed by atoms with Crippen molar-refractivity contribution in [1.82, 2.24) is 0 Å². The Balaban J connectivity index is 1.95. The van der Waals surface area contributed by atoms with Gasteiger partial charge in [0.1, 0.15) is 5.75 Å². The van der Waals surface area contributed by atoms with E-state index in [1.54, 1.807) is 19.1 Å². The fourth-order valence-electron chi connectivity index (χ4n) is 3.46. The molecule has 0 aromatic heterocycles. The van der Waals surface area contributed by atoms with Gasteiger partial charge in [-0.3, -0.25) is 4.55 Å². The summed E-state index contributed by atoms with van der Waals surface area (Å²) in [6, 6.07) is 12.0. The number of carbonyl (C=O) groups excluding carboxylic acids is 2. The quantitative estimate of drug-likeness (QED) is 0.220. The molecule has 178 valence electrons. The number of ether oxygens (including phenoxy) is 2. The molecule has 0 fully saturated rings. The molecule has 3 aromatic rings. The average molecular weight is 498 g/mol. The summed E-state index contributed by atoms with van der Waals surface area (Å²) in [7, 11) is 5.71. The number of hydrogen-bond acceptors (Lipinski definition) is 6. The average Bonchev–Trinajstić information content (AvgIpc) is 2.81. The zero-order chi connectivity index (χ0) is 26.0. The molecule has 3 aromatic carbocycles. The number of alkyl halides is 2. The van der Waals surface area contributed by atoms with Crippen LogP contribution in [0.15, 0.2) is 48.5 Å². The van der Waals surface area contributed by atoms with Gasteiger partial charge in [0, 0.05) is 0 Å². The summed E-state index contributed by atoms with van der Waals surface area (Å²) < 4.78 is 67.0. The van der Waals surface area contributed by atoms with Crippen LogP contribution in [0.3, 0.4) is 0 Å². The van der Waals surface area contributed by atoms with Crippen molar-refractivity contribution in [1.29, 1.82) is 0 Å². The first-order chi connectivity index (χ1) is 16.4. The van der Waals surface area contributed by atoms with E-state index in [-0.39, 0.29) is 40.3 Å². The Labute approximate surface area is 203 Å². The highest BCUT2D eigenvalue weighted by atomic mass is 32.2. The molecule has 0 saturated heterocycles. The van der Waals surface area contributed by atoms with E-state index < -0.39 is 33.9 Å². The number of fused-ring (bicyclic) bond motifs is 1. The lowest BCUT2D eigenvalue weighted by Gasteiger charge is -2.16. The summed E-state index contributed by atoms with van der Waals surface area (Å²) in [6.45, 7) is -0.150. The van der Waals surface area contributed by atoms with Gasteiger partial charge in [-0.25, -0.2) is 9.59 Å². The van der Waals surface area contributed by atoms with E-state index in [4.69, 9.17) is 25.0 Å². The monoisotopic (exact) mass is 498 g/mol. The molecule has 0 atom stereocenters. The molecule has 0 saturated carbocycles. The lowest BCUT2D eigenvalue weighted by atomic mass is 9.89. The van der Waals surface area contributed by atoms with Crippen LogP contribution in [0.1, 0.15) is 37.4 Å². The Morgan fingerprint density at radius 3 is 2.06 bits per heavy atom. The largest absolute Gasteiger partial charge is 0.454 e. The maximum Gasteiger partial charge on any atom is 0.402 e. The van der Waals surface area contributed by atoms with Crippen LogP contribution in [0, 0.1) is 6.92 Å². The lowest BCUT2D eigenvalue weighted by Crippen LogP contribution is -2.34. The van der Waals surface area contributed by atoms with Crippen LogP contribution in [0.2, 0.25) is 0 Å². The molecule has 0 aliphatic rings. The summed E-state index contributed by atoms with van der Waals surface area (Å²) in [5, 5.41) is -4.24. The van der Waals surface area contributed by atoms with Crippen LogP contribution >= 0.6 is 0 Å². The standard InChI is InChI=1S/C23H18B2F2O7S/c1-13-8-14(10-24)9-15(11-25)20(13)34-22(29)19-7-3-4-16-17(19)5-2-6-18(16)21(28)33-12-23(26,27)35(30,31)32/h2-9H,10-12H2,1H3,(H,30,31,32). The molecular formula is C23H18B2F2O7S. The van der Waals surface area contributed by atoms with Crippen LogP contribution < -0.4 is 4.74 Å². The molecule has 7 nitrogen and oxygen atoms in total. The summed E-state index contributed by atoms with van der Waals surface area (Å²) in [5.74, 6) is -1.75. The van der Waals surface area contributed by atoms with Crippen LogP contribution in [-0.4, -0.2) is 52.5 Å². The molecule has 0 heterocycles. The zero-order valence-electron chi connectivity index (χ0n) is 18.5. The molecule has 3 rings (SSSR count). The summed E-state index contributed by atoms with van der Waals surface area (Å²) in [4.78, 5) is 25.5. The van der Waals surface area contributed by atoms with Crippen molar-refractivity contribution in [3.63, 3.8) is 0 Å². The maximum absolute atomic E-state index is 13.4. The number of aryl methyl sites for hydroxylation is 1. The van der Waals surface area contributed by atoms with Gasteiger partial charge in [-0.1, -0.05) is 54.6 Å². The predicted octanol–water partition coefficient (Wildman–Crippen LogP) is 3.34. The van der Waals surface area contributed by atoms with Crippen LogP contribution in [0.4, 0.5) is 8.78 Å². The molecular weight excluding hydrogens is 480 g/mol. The molecule has 0 spiro atoms. The Hall–Kier alpha value is -3.24. The van der Waals surface area contributed by atoms with E-state index in [1.165, 1.54) is 36.4 Å². The molecule has 0 amide bonds. The van der Waals surface area contributed by atoms with Crippen molar-refractivity contribution >= 4 is 48.5 Å². The third kappa shape index (κ3) is 5.54. The molecule has 4 radical (unpaired) electrons. The minimum Gasteiger partial charge on any atom is -0.454 e. The zero-order valence-corrected chi connectivity index (χ0v) is 19.3. The van der Waals surface area contributed by atoms with Gasteiger partial charge in [-0.2, -0.15) is 17.2 Å². The lowest BCUT2D eigenvalue weighted by molar-refractivity contribution is -0.00937. The molecule has 0 aliphatic heterocycles. The van der Waals surface area contributed by atoms with Gasteiger partial charge >= 0.3 is 27.3 Å². The van der Waals surface area contributed by atoms with Gasteiger partial charge in [0.2, 0.25) is 0 Å². The number of benzene rings is 3. The first kappa shape index (κ1) is 26.4. The Morgan fingerprint density at radius 2 is 1.54 bits per heavy atom. The van der Waals surface area contributed by atoms with Gasteiger partial charge in [-0.05, 0) is 41.0 Å². The van der Waals surface area contributed by atoms with Gasteiger partial charge < -0.3 is 9.47 Å². The Kier molecular flexibility index (Phi) is 7.66. The molecule has 0 unspecified atom stereocenters. The number of carbonyl (C=O) groups is 2. The second-order valence-electron chi connectivity index (χ2n) is 7.59. The normalized spacial score (nSPS) is 11.9. The first-order valence-corrected chi connectivity index (χ1v) is 11.6. The van der Waals surface area contributed by atoms with E-state index >= 15 is 0 Å². The van der Waals surface area contributed by atoms with Gasteiger partial charge in [0.05, 0.1) is 26.8 Å². The van der Waals surface area contributed by atoms with E-state index in [0.717, 1.165) is 5.56 Å². The number of esters is 2. The van der Waals surface area contributed by atoms with Gasteiger partial charge in [0.15, 0.2) is 6.61 Å². The van der Waals surface area contributed by atoms with Gasteiger partial charge in [-0.15, -0.1) is 0 Å². The molecule has 0 aliphatic carbocycles. The van der Waals surface area contributed by atoms with Crippen LogP contribution in [0.5, 0.6) is 5.75 Å². The third-order valence-corrected chi connectivity index (χ3v) is 6.04. The highest BCUT2D eigenvalue weighted by Crippen LogP contribution is 2.29. The van der Waals surface area contributed by atoms with Gasteiger partial charge in [0.25, 0.3) is 0 Å². The highest BCUT2D eigenvalue weighted by Gasteiger charge is 2.45. The summed E-state index contributed by atoms with van der Waals surface area (Å²) >= 11 is 0. The van der Waals surface area contributed by atoms with Crippen molar-refractivity contribution in [2.24, 2.45) is 0 Å². The SMILES string of the molecule is [B]Cc1cc(C)c(OC(=O)c2cccc3c(C(=O)OCC(F)(F)S(=O)(=O)O)cccc23)c(C[B])c1. The Bertz CT molecular complexity index is 1410. The number of halogens is 2. The summed E-state index contributed by atoms with van der Waals surface area (Å²) in [6.07, 6.45) is 0.372. The fraction of sp³-hybridized carbons (Fsp3) is 0.217. The molecule has 12 heteroatoms. The topological polar surface area (TPSA) is 107 Å². The second-order valence-corrected chi connectivity index (χ2v) is 9.14. The second kappa shape index (κ2) is 10.2. The smallest absolute Gasteiger partial charge is 0.402 e. The number of rotatable bonds is 8. The number of hydrogen-bond donors (Lipinski definition) is 1. The van der Waals surface area contributed by atoms with E-state index in [0.29, 0.717) is 11.1 Å². The van der Waals surface area contributed by atoms with E-state index in [2.05, 4.69) is 4.74 Å². The molecule has 1 N–H and O–H groups in total. The van der Waals surface area contributed by atoms with Crippen molar-refractivity contribution in [3.05, 3.63) is 76.3 Å². The van der Waals surface area contributed by atoms with Crippen molar-refractivity contribution in [2.45, 2.75) is 24.8 Å². The van der Waals surface area contributed by atoms with Crippen molar-refractivity contribution < 1.29 is 40.8 Å². The van der Waals surface area contributed by atoms with Crippen LogP contribution in [0.25, 0.3) is 10.8 Å². The first-order valence-electron chi connectivity index (χ1n) is 10.2. The maximum atomic E-state index is 13.4. The minimum absolute atomic E-state index is 0.0747. The predicted molar refractivity (Wildman–Crippen MR) is 126 cm³/mol. The van der Waals surface area contributed by atoms with E-state index in [9.17, 15) is 26.8 Å². The Morgan fingerprint density at radius 1 is 0.971 bits per heavy atom.